The van der Waals surface area contributed by atoms with Crippen molar-refractivity contribution in [3.63, 3.8) is 0 Å². The maximum atomic E-state index is 12.2. The second-order valence-electron chi connectivity index (χ2n) is 24.5. The fraction of sp³-hybridized carbons (Fsp3) is 0.114. The van der Waals surface area contributed by atoms with Crippen LogP contribution in [0.15, 0.2) is 249 Å². The summed E-state index contributed by atoms with van der Waals surface area (Å²) in [4.78, 5) is 60.9. The monoisotopic (exact) mass is 1470 g/mol. The van der Waals surface area contributed by atoms with Crippen LogP contribution in [0.3, 0.4) is 0 Å². The van der Waals surface area contributed by atoms with Crippen molar-refractivity contribution in [2.75, 3.05) is 33.7 Å². The van der Waals surface area contributed by atoms with Crippen molar-refractivity contribution in [1.82, 2.24) is 101 Å². The van der Waals surface area contributed by atoms with Crippen LogP contribution in [0.5, 0.6) is 5.75 Å². The molecule has 0 saturated carbocycles. The number of aryl methyl sites for hydroxylation is 8. The van der Waals surface area contributed by atoms with E-state index in [1.165, 1.54) is 0 Å². The first-order chi connectivity index (χ1) is 53.3. The van der Waals surface area contributed by atoms with Gasteiger partial charge in [0.1, 0.15) is 5.75 Å². The minimum Gasteiger partial charge on any atom is -0.497 e. The number of ether oxygens (including phenoxy) is 1. The van der Waals surface area contributed by atoms with E-state index in [4.69, 9.17) is 4.74 Å². The maximum Gasteiger partial charge on any atom is 0.255 e. The molecule has 0 spiro atoms. The molecular formula is C79H73N25O6. The zero-order valence-corrected chi connectivity index (χ0v) is 61.1. The molecule has 5 aromatic heterocycles. The second kappa shape index (κ2) is 36.4. The summed E-state index contributed by atoms with van der Waals surface area (Å²) in [7, 11) is 10.5. The SMILES string of the molecule is COc1ccc(NC(=O)c2ccc(-c3nnnn3C)cc2)cc1.Cc1ccc(NC(=O)c2ccc(-c3nnnn3C)cc2)cc1.Cc1ccc(NC(=O)c2ccc(-c3nnnn3C)cc2)cc1.Cc1ccc(NC(=O)c2ccc(-c3nnnn3C)cc2)cc1.Cn1nnnc1-c1ccc(NC(=O)c2ccccc2)cc1. The van der Waals surface area contributed by atoms with Crippen LogP contribution in [0.1, 0.15) is 68.5 Å². The van der Waals surface area contributed by atoms with Crippen molar-refractivity contribution in [1.29, 1.82) is 0 Å². The van der Waals surface area contributed by atoms with E-state index in [0.717, 1.165) is 73.0 Å². The number of hydrogen-bond acceptors (Lipinski definition) is 21. The molecule has 5 N–H and O–H groups in total. The summed E-state index contributed by atoms with van der Waals surface area (Å²) in [6.45, 7) is 6.02. The van der Waals surface area contributed by atoms with E-state index in [2.05, 4.69) is 104 Å². The van der Waals surface area contributed by atoms with Crippen molar-refractivity contribution in [2.24, 2.45) is 35.2 Å². The highest BCUT2D eigenvalue weighted by molar-refractivity contribution is 6.07. The number of carbonyl (C=O) groups excluding carboxylic acids is 5. The van der Waals surface area contributed by atoms with Crippen LogP contribution in [0.4, 0.5) is 28.4 Å². The van der Waals surface area contributed by atoms with Gasteiger partial charge in [-0.3, -0.25) is 24.0 Å². The number of benzene rings is 10. The van der Waals surface area contributed by atoms with E-state index in [1.54, 1.807) is 151 Å². The van der Waals surface area contributed by atoms with Gasteiger partial charge in [-0.25, -0.2) is 23.4 Å². The molecule has 0 fully saturated rings. The van der Waals surface area contributed by atoms with E-state index < -0.39 is 0 Å². The first kappa shape index (κ1) is 75.8. The number of carbonyl (C=O) groups is 5. The molecule has 15 rings (SSSR count). The van der Waals surface area contributed by atoms with Gasteiger partial charge < -0.3 is 31.3 Å². The predicted molar refractivity (Wildman–Crippen MR) is 414 cm³/mol. The highest BCUT2D eigenvalue weighted by Gasteiger charge is 2.16. The number of aromatic nitrogens is 20. The Morgan fingerprint density at radius 3 is 0.645 bits per heavy atom. The van der Waals surface area contributed by atoms with Gasteiger partial charge in [0, 0.05) is 119 Å². The quantitative estimate of drug-likeness (QED) is 0.0600. The maximum absolute atomic E-state index is 12.2. The van der Waals surface area contributed by atoms with Crippen molar-refractivity contribution in [3.05, 3.63) is 293 Å². The number of nitrogens with zero attached hydrogens (tertiary/aromatic N) is 20. The topological polar surface area (TPSA) is 373 Å². The molecule has 31 heteroatoms. The Labute approximate surface area is 630 Å². The summed E-state index contributed by atoms with van der Waals surface area (Å²) < 4.78 is 13.0. The molecule has 550 valence electrons. The zero-order valence-electron chi connectivity index (χ0n) is 61.1. The number of hydrogen-bond donors (Lipinski definition) is 5. The molecule has 0 saturated heterocycles. The Hall–Kier alpha value is -15.3. The molecule has 5 heterocycles. The molecule has 0 aliphatic rings. The first-order valence-corrected chi connectivity index (χ1v) is 33.9. The third-order valence-corrected chi connectivity index (χ3v) is 16.4. The highest BCUT2D eigenvalue weighted by Crippen LogP contribution is 2.24. The molecule has 0 aliphatic heterocycles. The van der Waals surface area contributed by atoms with Gasteiger partial charge in [-0.1, -0.05) is 120 Å². The largest absolute Gasteiger partial charge is 0.497 e. The molecule has 0 bridgehead atoms. The first-order valence-electron chi connectivity index (χ1n) is 33.9. The highest BCUT2D eigenvalue weighted by atomic mass is 16.5. The van der Waals surface area contributed by atoms with Crippen LogP contribution in [0.25, 0.3) is 56.9 Å². The van der Waals surface area contributed by atoms with Crippen LogP contribution in [-0.4, -0.2) is 138 Å². The van der Waals surface area contributed by atoms with Crippen molar-refractivity contribution < 1.29 is 28.7 Å². The van der Waals surface area contributed by atoms with Crippen molar-refractivity contribution in [2.45, 2.75) is 20.8 Å². The lowest BCUT2D eigenvalue weighted by atomic mass is 10.1. The summed E-state index contributed by atoms with van der Waals surface area (Å²) in [5.41, 5.74) is 14.5. The van der Waals surface area contributed by atoms with Gasteiger partial charge in [0.05, 0.1) is 7.11 Å². The van der Waals surface area contributed by atoms with Crippen LogP contribution >= 0.6 is 0 Å². The second-order valence-corrected chi connectivity index (χ2v) is 24.5. The normalized spacial score (nSPS) is 10.4. The molecule has 0 atom stereocenters. The summed E-state index contributed by atoms with van der Waals surface area (Å²) >= 11 is 0. The van der Waals surface area contributed by atoms with Crippen LogP contribution in [0.2, 0.25) is 0 Å². The third-order valence-electron chi connectivity index (χ3n) is 16.4. The predicted octanol–water partition coefficient (Wildman–Crippen LogP) is 11.6. The summed E-state index contributed by atoms with van der Waals surface area (Å²) in [6, 6.07) is 75.3. The summed E-state index contributed by atoms with van der Waals surface area (Å²) in [6.07, 6.45) is 0. The molecule has 15 aromatic rings. The zero-order chi connectivity index (χ0) is 77.5. The molecular weight excluding hydrogens is 1400 g/mol. The standard InChI is InChI=1S/C16H15N5O2.3C16H15N5O.C15H13N5O/c1-21-15(18-19-20-21)11-3-5-12(6-4-11)16(22)17-13-7-9-14(23-2)10-8-13;3*1-11-3-9-14(10-4-11)17-16(22)13-7-5-12(6-8-13)15-18-19-20-21(15)2;1-20-14(17-18-19-20)11-7-9-13(10-8-11)16-15(21)12-5-3-2-4-6-12/h3-10H,1-2H3,(H,17,22);3*3-10H,1-2H3,(H,17,22);2-10H,1H3,(H,16,21). The van der Waals surface area contributed by atoms with Gasteiger partial charge in [-0.15, -0.1) is 25.5 Å². The lowest BCUT2D eigenvalue weighted by molar-refractivity contribution is 0.101. The number of amides is 5. The molecule has 0 radical (unpaired) electrons. The van der Waals surface area contributed by atoms with E-state index in [0.29, 0.717) is 62.6 Å². The average molecular weight is 1470 g/mol. The molecule has 31 nitrogen and oxygen atoms in total. The molecule has 5 amide bonds. The van der Waals surface area contributed by atoms with E-state index in [9.17, 15) is 24.0 Å². The number of nitrogens with one attached hydrogen (secondary N) is 5. The lowest BCUT2D eigenvalue weighted by Gasteiger charge is -2.07. The Morgan fingerprint density at radius 1 is 0.255 bits per heavy atom. The molecule has 10 aromatic carbocycles. The number of tetrazole rings is 5. The van der Waals surface area contributed by atoms with E-state index >= 15 is 0 Å². The minimum atomic E-state index is -0.183. The Bertz CT molecular complexity index is 5210. The summed E-state index contributed by atoms with van der Waals surface area (Å²) in [5.74, 6) is 3.28. The van der Waals surface area contributed by atoms with Gasteiger partial charge in [0.15, 0.2) is 29.1 Å². The number of methoxy groups -OCH3 is 1. The van der Waals surface area contributed by atoms with Crippen LogP contribution < -0.4 is 31.3 Å². The number of anilines is 5. The van der Waals surface area contributed by atoms with Crippen LogP contribution in [-0.2, 0) is 35.2 Å². The van der Waals surface area contributed by atoms with Gasteiger partial charge in [0.2, 0.25) is 0 Å². The van der Waals surface area contributed by atoms with Crippen molar-refractivity contribution in [3.8, 4) is 62.7 Å². The van der Waals surface area contributed by atoms with Gasteiger partial charge in [-0.2, -0.15) is 0 Å². The number of rotatable bonds is 16. The Kier molecular flexibility index (Phi) is 25.1. The average Bonchev–Trinajstić information content (AvgIpc) is 1.50. The minimum absolute atomic E-state index is 0.135. The molecule has 0 aliphatic carbocycles. The smallest absolute Gasteiger partial charge is 0.255 e. The van der Waals surface area contributed by atoms with Gasteiger partial charge in [-0.05, 0) is 218 Å². The Balaban J connectivity index is 0.000000136. The van der Waals surface area contributed by atoms with E-state index in [-0.39, 0.29) is 29.5 Å². The fourth-order valence-electron chi connectivity index (χ4n) is 10.3. The Morgan fingerprint density at radius 2 is 0.445 bits per heavy atom. The van der Waals surface area contributed by atoms with Crippen LogP contribution in [0, 0.1) is 20.8 Å². The van der Waals surface area contributed by atoms with Gasteiger partial charge >= 0.3 is 0 Å². The lowest BCUT2D eigenvalue weighted by Crippen LogP contribution is -2.11. The summed E-state index contributed by atoms with van der Waals surface area (Å²) in [5, 5.41) is 70.9. The van der Waals surface area contributed by atoms with Crippen molar-refractivity contribution >= 4 is 58.0 Å². The third kappa shape index (κ3) is 20.6. The van der Waals surface area contributed by atoms with E-state index in [1.807, 2.05) is 185 Å². The van der Waals surface area contributed by atoms with Gasteiger partial charge in [0.25, 0.3) is 29.5 Å². The molecule has 110 heavy (non-hydrogen) atoms. The molecule has 0 unspecified atom stereocenters. The fourth-order valence-corrected chi connectivity index (χ4v) is 10.3.